The quantitative estimate of drug-likeness (QED) is 0.602. The number of halogens is 1. The van der Waals surface area contributed by atoms with Gasteiger partial charge in [-0.1, -0.05) is 17.7 Å². The molecule has 1 unspecified atom stereocenters. The van der Waals surface area contributed by atoms with E-state index in [1.165, 1.54) is 0 Å². The van der Waals surface area contributed by atoms with Crippen molar-refractivity contribution >= 4 is 17.3 Å². The van der Waals surface area contributed by atoms with Crippen molar-refractivity contribution in [3.63, 3.8) is 0 Å². The summed E-state index contributed by atoms with van der Waals surface area (Å²) in [5.74, 6) is 0. The molecular formula is C8H11ClN2O. The Kier molecular flexibility index (Phi) is 2.92. The largest absolute Gasteiger partial charge is 0.399 e. The van der Waals surface area contributed by atoms with Crippen LogP contribution >= 0.6 is 11.6 Å². The highest BCUT2D eigenvalue weighted by molar-refractivity contribution is 6.31. The number of benzene rings is 1. The van der Waals surface area contributed by atoms with E-state index in [1.807, 2.05) is 0 Å². The smallest absolute Gasteiger partial charge is 0.0624 e. The van der Waals surface area contributed by atoms with Crippen molar-refractivity contribution < 1.29 is 5.11 Å². The van der Waals surface area contributed by atoms with E-state index in [1.54, 1.807) is 18.2 Å². The van der Waals surface area contributed by atoms with E-state index in [0.29, 0.717) is 16.3 Å². The van der Waals surface area contributed by atoms with Crippen LogP contribution in [-0.4, -0.2) is 11.7 Å². The van der Waals surface area contributed by atoms with Gasteiger partial charge in [0.05, 0.1) is 12.6 Å². The molecule has 66 valence electrons. The van der Waals surface area contributed by atoms with Gasteiger partial charge in [0.2, 0.25) is 0 Å². The van der Waals surface area contributed by atoms with Gasteiger partial charge in [0, 0.05) is 10.7 Å². The fourth-order valence-corrected chi connectivity index (χ4v) is 1.27. The Labute approximate surface area is 75.9 Å². The molecule has 0 spiro atoms. The Hall–Kier alpha value is -0.770. The topological polar surface area (TPSA) is 72.3 Å². The van der Waals surface area contributed by atoms with Gasteiger partial charge in [-0.15, -0.1) is 0 Å². The third kappa shape index (κ3) is 1.88. The van der Waals surface area contributed by atoms with Crippen molar-refractivity contribution in [2.75, 3.05) is 12.3 Å². The summed E-state index contributed by atoms with van der Waals surface area (Å²) in [6, 6.07) is 4.61. The lowest BCUT2D eigenvalue weighted by Crippen LogP contribution is -2.14. The van der Waals surface area contributed by atoms with Gasteiger partial charge in [-0.2, -0.15) is 0 Å². The molecule has 1 aromatic carbocycles. The first-order valence-electron chi connectivity index (χ1n) is 3.56. The number of aliphatic hydroxyl groups excluding tert-OH is 1. The van der Waals surface area contributed by atoms with Gasteiger partial charge in [-0.3, -0.25) is 0 Å². The maximum Gasteiger partial charge on any atom is 0.0624 e. The number of aliphatic hydroxyl groups is 1. The molecule has 5 N–H and O–H groups in total. The highest BCUT2D eigenvalue weighted by Crippen LogP contribution is 2.23. The van der Waals surface area contributed by atoms with Crippen molar-refractivity contribution in [1.82, 2.24) is 0 Å². The Bertz CT molecular complexity index is 278. The van der Waals surface area contributed by atoms with Crippen LogP contribution in [0.4, 0.5) is 5.69 Å². The first kappa shape index (κ1) is 9.32. The summed E-state index contributed by atoms with van der Waals surface area (Å²) in [5, 5.41) is 9.26. The van der Waals surface area contributed by atoms with Gasteiger partial charge in [0.15, 0.2) is 0 Å². The van der Waals surface area contributed by atoms with Crippen LogP contribution in [0.1, 0.15) is 11.6 Å². The van der Waals surface area contributed by atoms with Crippen molar-refractivity contribution in [3.8, 4) is 0 Å². The van der Waals surface area contributed by atoms with Gasteiger partial charge in [-0.05, 0) is 17.7 Å². The summed E-state index contributed by atoms with van der Waals surface area (Å²) >= 11 is 5.83. The minimum absolute atomic E-state index is 0.121. The number of hydrogen-bond donors (Lipinski definition) is 3. The van der Waals surface area contributed by atoms with E-state index in [4.69, 9.17) is 28.2 Å². The maximum absolute atomic E-state index is 8.77. The molecule has 12 heavy (non-hydrogen) atoms. The highest BCUT2D eigenvalue weighted by Gasteiger charge is 2.08. The van der Waals surface area contributed by atoms with Gasteiger partial charge < -0.3 is 16.6 Å². The Morgan fingerprint density at radius 2 is 2.17 bits per heavy atom. The van der Waals surface area contributed by atoms with Crippen molar-refractivity contribution in [3.05, 3.63) is 28.8 Å². The maximum atomic E-state index is 8.77. The third-order valence-corrected chi connectivity index (χ3v) is 1.95. The average Bonchev–Trinajstić information content (AvgIpc) is 2.03. The van der Waals surface area contributed by atoms with Crippen molar-refractivity contribution in [2.24, 2.45) is 5.73 Å². The second kappa shape index (κ2) is 3.76. The second-order valence-corrected chi connectivity index (χ2v) is 2.98. The van der Waals surface area contributed by atoms with Crippen LogP contribution in [0.25, 0.3) is 0 Å². The summed E-state index contributed by atoms with van der Waals surface area (Å²) in [5.41, 5.74) is 12.4. The summed E-state index contributed by atoms with van der Waals surface area (Å²) in [6.45, 7) is -0.121. The first-order chi connectivity index (χ1) is 5.65. The minimum Gasteiger partial charge on any atom is -0.399 e. The predicted molar refractivity (Wildman–Crippen MR) is 49.9 cm³/mol. The lowest BCUT2D eigenvalue weighted by Gasteiger charge is -2.10. The second-order valence-electron chi connectivity index (χ2n) is 2.57. The van der Waals surface area contributed by atoms with E-state index in [-0.39, 0.29) is 6.61 Å². The van der Waals surface area contributed by atoms with Crippen molar-refractivity contribution in [1.29, 1.82) is 0 Å². The molecule has 1 aromatic rings. The SMILES string of the molecule is Nc1ccc(C(N)CO)c(Cl)c1. The fourth-order valence-electron chi connectivity index (χ4n) is 0.942. The molecule has 4 heteroatoms. The average molecular weight is 187 g/mol. The Balaban J connectivity index is 3.01. The van der Waals surface area contributed by atoms with E-state index in [9.17, 15) is 0 Å². The van der Waals surface area contributed by atoms with Crippen LogP contribution < -0.4 is 11.5 Å². The summed E-state index contributed by atoms with van der Waals surface area (Å²) in [6.07, 6.45) is 0. The molecule has 0 saturated carbocycles. The summed E-state index contributed by atoms with van der Waals surface area (Å²) in [7, 11) is 0. The van der Waals surface area contributed by atoms with E-state index >= 15 is 0 Å². The molecule has 1 atom stereocenters. The predicted octanol–water partition coefficient (Wildman–Crippen LogP) is 0.914. The van der Waals surface area contributed by atoms with E-state index in [2.05, 4.69) is 0 Å². The molecule has 3 nitrogen and oxygen atoms in total. The Morgan fingerprint density at radius 1 is 1.50 bits per heavy atom. The Morgan fingerprint density at radius 3 is 2.67 bits per heavy atom. The zero-order valence-corrected chi connectivity index (χ0v) is 7.25. The van der Waals surface area contributed by atoms with Crippen LogP contribution in [0.2, 0.25) is 5.02 Å². The van der Waals surface area contributed by atoms with Crippen LogP contribution in [0.15, 0.2) is 18.2 Å². The molecule has 1 rings (SSSR count). The summed E-state index contributed by atoms with van der Waals surface area (Å²) < 4.78 is 0. The van der Waals surface area contributed by atoms with Crippen molar-refractivity contribution in [2.45, 2.75) is 6.04 Å². The van der Waals surface area contributed by atoms with Crippen LogP contribution in [0.3, 0.4) is 0 Å². The van der Waals surface area contributed by atoms with E-state index in [0.717, 1.165) is 0 Å². The molecular weight excluding hydrogens is 176 g/mol. The molecule has 0 aliphatic heterocycles. The zero-order valence-electron chi connectivity index (χ0n) is 6.50. The van der Waals surface area contributed by atoms with Gasteiger partial charge in [0.1, 0.15) is 0 Å². The third-order valence-electron chi connectivity index (χ3n) is 1.62. The minimum atomic E-state index is -0.432. The lowest BCUT2D eigenvalue weighted by molar-refractivity contribution is 0.268. The molecule has 0 aliphatic rings. The van der Waals surface area contributed by atoms with Crippen LogP contribution in [0.5, 0.6) is 0 Å². The normalized spacial score (nSPS) is 12.9. The van der Waals surface area contributed by atoms with Crippen LogP contribution in [-0.2, 0) is 0 Å². The standard InChI is InChI=1S/C8H11ClN2O/c9-7-3-5(10)1-2-6(7)8(11)4-12/h1-3,8,12H,4,10-11H2. The van der Waals surface area contributed by atoms with Crippen LogP contribution in [0, 0.1) is 0 Å². The first-order valence-corrected chi connectivity index (χ1v) is 3.94. The highest BCUT2D eigenvalue weighted by atomic mass is 35.5. The van der Waals surface area contributed by atoms with Gasteiger partial charge in [0.25, 0.3) is 0 Å². The van der Waals surface area contributed by atoms with E-state index < -0.39 is 6.04 Å². The number of nitrogens with two attached hydrogens (primary N) is 2. The molecule has 0 amide bonds. The molecule has 0 heterocycles. The number of hydrogen-bond acceptors (Lipinski definition) is 3. The number of nitrogen functional groups attached to an aromatic ring is 1. The lowest BCUT2D eigenvalue weighted by atomic mass is 10.1. The molecule has 0 radical (unpaired) electrons. The van der Waals surface area contributed by atoms with Gasteiger partial charge in [-0.25, -0.2) is 0 Å². The van der Waals surface area contributed by atoms with Gasteiger partial charge >= 0.3 is 0 Å². The molecule has 0 aromatic heterocycles. The fraction of sp³-hybridized carbons (Fsp3) is 0.250. The monoisotopic (exact) mass is 186 g/mol. The molecule has 0 fully saturated rings. The number of anilines is 1. The molecule has 0 aliphatic carbocycles. The number of rotatable bonds is 2. The molecule has 0 bridgehead atoms. The molecule has 0 saturated heterocycles. The summed E-state index contributed by atoms with van der Waals surface area (Å²) in [4.78, 5) is 0. The zero-order chi connectivity index (χ0) is 9.14.